The first-order chi connectivity index (χ1) is 18.8. The highest BCUT2D eigenvalue weighted by molar-refractivity contribution is 6.74. The lowest BCUT2D eigenvalue weighted by molar-refractivity contribution is -0.140. The largest absolute Gasteiger partial charge is 0.492 e. The molecule has 0 bridgehead atoms. The second-order valence-electron chi connectivity index (χ2n) is 15.3. The molecule has 41 heavy (non-hydrogen) atoms. The normalized spacial score (nSPS) is 27.3. The van der Waals surface area contributed by atoms with Crippen LogP contribution in [0.5, 0.6) is 0 Å². The maximum atomic E-state index is 11.5. The number of hydrogen-bond donors (Lipinski definition) is 1. The van der Waals surface area contributed by atoms with E-state index in [1.165, 1.54) is 20.0 Å². The molecular formula is C33H62O6Si2. The van der Waals surface area contributed by atoms with Crippen LogP contribution >= 0.6 is 0 Å². The minimum Gasteiger partial charge on any atom is -0.492 e. The third-order valence-corrected chi connectivity index (χ3v) is 19.0. The first-order valence-electron chi connectivity index (χ1n) is 16.0. The van der Waals surface area contributed by atoms with Crippen molar-refractivity contribution < 1.29 is 28.2 Å². The van der Waals surface area contributed by atoms with Crippen LogP contribution in [0.3, 0.4) is 0 Å². The van der Waals surface area contributed by atoms with Crippen molar-refractivity contribution in [1.82, 2.24) is 0 Å². The average Bonchev–Trinajstić information content (AvgIpc) is 3.33. The van der Waals surface area contributed by atoms with Gasteiger partial charge in [0.15, 0.2) is 16.6 Å². The molecule has 2 fully saturated rings. The Morgan fingerprint density at radius 3 is 2.24 bits per heavy atom. The van der Waals surface area contributed by atoms with E-state index in [9.17, 15) is 9.90 Å². The summed E-state index contributed by atoms with van der Waals surface area (Å²) in [6.45, 7) is 25.2. The molecule has 0 aromatic rings. The number of aliphatic hydroxyl groups is 1. The SMILES string of the molecule is CCCCC[C@@H](/C=C/[C@@H]1[C@@H]2[C@H](C[C@H]1O[Si](C)(C)C(C)(C)C)O/C(=C\CCCC(=O)OC)[C@H]2O)O[Si](C)(C)C(C)(C)C. The zero-order valence-electron chi connectivity index (χ0n) is 28.3. The minimum atomic E-state index is -2.04. The molecule has 0 spiro atoms. The summed E-state index contributed by atoms with van der Waals surface area (Å²) in [4.78, 5) is 11.5. The molecule has 1 saturated carbocycles. The van der Waals surface area contributed by atoms with Gasteiger partial charge < -0.3 is 23.4 Å². The third kappa shape index (κ3) is 9.78. The highest BCUT2D eigenvalue weighted by atomic mass is 28.4. The van der Waals surface area contributed by atoms with Crippen LogP contribution in [0.25, 0.3) is 0 Å². The summed E-state index contributed by atoms with van der Waals surface area (Å²) >= 11 is 0. The number of carbonyl (C=O) groups is 1. The Balaban J connectivity index is 2.34. The molecule has 1 heterocycles. The number of methoxy groups -OCH3 is 1. The van der Waals surface area contributed by atoms with E-state index in [4.69, 9.17) is 18.3 Å². The molecule has 0 amide bonds. The number of aliphatic hydroxyl groups excluding tert-OH is 1. The van der Waals surface area contributed by atoms with E-state index < -0.39 is 22.7 Å². The van der Waals surface area contributed by atoms with Gasteiger partial charge >= 0.3 is 5.97 Å². The highest BCUT2D eigenvalue weighted by Gasteiger charge is 2.55. The molecule has 6 atom stereocenters. The summed E-state index contributed by atoms with van der Waals surface area (Å²) < 4.78 is 25.1. The monoisotopic (exact) mass is 610 g/mol. The number of unbranched alkanes of at least 4 members (excludes halogenated alkanes) is 3. The Bertz CT molecular complexity index is 898. The molecule has 1 aliphatic carbocycles. The quantitative estimate of drug-likeness (QED) is 0.0920. The van der Waals surface area contributed by atoms with Gasteiger partial charge in [-0.3, -0.25) is 4.79 Å². The lowest BCUT2D eigenvalue weighted by Crippen LogP contribution is -2.45. The lowest BCUT2D eigenvalue weighted by atomic mass is 9.88. The fourth-order valence-corrected chi connectivity index (χ4v) is 7.98. The van der Waals surface area contributed by atoms with Gasteiger partial charge in [0.05, 0.1) is 19.3 Å². The van der Waals surface area contributed by atoms with Gasteiger partial charge in [-0.1, -0.05) is 79.9 Å². The van der Waals surface area contributed by atoms with Crippen LogP contribution in [-0.2, 0) is 23.1 Å². The maximum Gasteiger partial charge on any atom is 0.305 e. The predicted molar refractivity (Wildman–Crippen MR) is 174 cm³/mol. The van der Waals surface area contributed by atoms with E-state index in [1.807, 2.05) is 6.08 Å². The van der Waals surface area contributed by atoms with Gasteiger partial charge in [0.1, 0.15) is 18.0 Å². The zero-order chi connectivity index (χ0) is 31.2. The van der Waals surface area contributed by atoms with Crippen LogP contribution in [0.4, 0.5) is 0 Å². The molecule has 6 nitrogen and oxygen atoms in total. The van der Waals surface area contributed by atoms with Crippen LogP contribution in [0.1, 0.15) is 99.8 Å². The summed E-state index contributed by atoms with van der Waals surface area (Å²) in [5, 5.41) is 11.7. The molecule has 238 valence electrons. The zero-order valence-corrected chi connectivity index (χ0v) is 30.3. The predicted octanol–water partition coefficient (Wildman–Crippen LogP) is 8.53. The molecule has 1 saturated heterocycles. The van der Waals surface area contributed by atoms with E-state index in [-0.39, 0.29) is 46.2 Å². The Morgan fingerprint density at radius 2 is 1.68 bits per heavy atom. The average molecular weight is 611 g/mol. The van der Waals surface area contributed by atoms with Crippen molar-refractivity contribution >= 4 is 22.6 Å². The number of ether oxygens (including phenoxy) is 2. The lowest BCUT2D eigenvalue weighted by Gasteiger charge is -2.40. The highest BCUT2D eigenvalue weighted by Crippen LogP contribution is 2.49. The van der Waals surface area contributed by atoms with E-state index in [1.54, 1.807) is 0 Å². The van der Waals surface area contributed by atoms with Crippen molar-refractivity contribution in [3.8, 4) is 0 Å². The van der Waals surface area contributed by atoms with Crippen LogP contribution < -0.4 is 0 Å². The molecule has 0 aromatic heterocycles. The third-order valence-electron chi connectivity index (χ3n) is 10.0. The summed E-state index contributed by atoms with van der Waals surface area (Å²) in [5.41, 5.74) is 0. The van der Waals surface area contributed by atoms with Crippen molar-refractivity contribution in [3.05, 3.63) is 24.0 Å². The van der Waals surface area contributed by atoms with E-state index in [2.05, 4.69) is 86.8 Å². The van der Waals surface area contributed by atoms with E-state index in [0.717, 1.165) is 19.3 Å². The van der Waals surface area contributed by atoms with Crippen LogP contribution in [0.2, 0.25) is 36.3 Å². The van der Waals surface area contributed by atoms with Gasteiger partial charge in [-0.25, -0.2) is 0 Å². The maximum absolute atomic E-state index is 11.5. The van der Waals surface area contributed by atoms with Crippen molar-refractivity contribution in [2.75, 3.05) is 7.11 Å². The fraction of sp³-hybridized carbons (Fsp3) is 0.848. The van der Waals surface area contributed by atoms with Gasteiger partial charge in [-0.05, 0) is 61.6 Å². The summed E-state index contributed by atoms with van der Waals surface area (Å²) in [7, 11) is -2.59. The number of esters is 1. The van der Waals surface area contributed by atoms with Gasteiger partial charge in [-0.15, -0.1) is 0 Å². The number of hydrogen-bond acceptors (Lipinski definition) is 6. The van der Waals surface area contributed by atoms with Gasteiger partial charge in [-0.2, -0.15) is 0 Å². The van der Waals surface area contributed by atoms with Crippen molar-refractivity contribution in [2.24, 2.45) is 11.8 Å². The van der Waals surface area contributed by atoms with Gasteiger partial charge in [0.2, 0.25) is 0 Å². The summed E-state index contributed by atoms with van der Waals surface area (Å²) in [6.07, 6.45) is 12.9. The van der Waals surface area contributed by atoms with Crippen molar-refractivity contribution in [1.29, 1.82) is 0 Å². The Kier molecular flexibility index (Phi) is 13.0. The molecular weight excluding hydrogens is 549 g/mol. The van der Waals surface area contributed by atoms with Crippen LogP contribution in [0, 0.1) is 11.8 Å². The fourth-order valence-electron chi connectivity index (χ4n) is 5.31. The first-order valence-corrected chi connectivity index (χ1v) is 21.8. The van der Waals surface area contributed by atoms with Crippen LogP contribution in [0.15, 0.2) is 24.0 Å². The topological polar surface area (TPSA) is 74.2 Å². The first kappa shape index (κ1) is 36.3. The van der Waals surface area contributed by atoms with Crippen molar-refractivity contribution in [3.63, 3.8) is 0 Å². The molecule has 0 radical (unpaired) electrons. The summed E-state index contributed by atoms with van der Waals surface area (Å²) in [5.74, 6) is 0.419. The molecule has 0 unspecified atom stereocenters. The van der Waals surface area contributed by atoms with Crippen molar-refractivity contribution in [2.45, 2.75) is 161 Å². The second kappa shape index (κ2) is 14.7. The standard InChI is InChI=1S/C33H62O6Si2/c1-13-14-15-18-24(38-40(9,10)32(2,3)4)21-22-25-27(39-41(11,12)33(5,6)7)23-28-30(25)31(35)26(37-28)19-16-17-20-29(34)36-8/h19,21-22,24-25,27-28,30-31,35H,13-18,20,23H2,1-12H3/b22-21+,26-19-/t24-,25-,27+,28-,30+,31+/m0/s1. The van der Waals surface area contributed by atoms with E-state index in [0.29, 0.717) is 25.0 Å². The van der Waals surface area contributed by atoms with Gasteiger partial charge in [0.25, 0.3) is 0 Å². The Hall–Kier alpha value is -0.936. The Labute approximate surface area is 253 Å². The molecule has 2 rings (SSSR count). The number of carbonyl (C=O) groups excluding carboxylic acids is 1. The molecule has 2 aliphatic rings. The van der Waals surface area contributed by atoms with Gasteiger partial charge in [0, 0.05) is 24.7 Å². The molecule has 1 N–H and O–H groups in total. The number of rotatable bonds is 14. The second-order valence-corrected chi connectivity index (χ2v) is 24.8. The van der Waals surface area contributed by atoms with E-state index >= 15 is 0 Å². The Morgan fingerprint density at radius 1 is 1.05 bits per heavy atom. The molecule has 0 aromatic carbocycles. The molecule has 8 heteroatoms. The number of fused-ring (bicyclic) bond motifs is 1. The summed E-state index contributed by atoms with van der Waals surface area (Å²) in [6, 6.07) is 0. The smallest absolute Gasteiger partial charge is 0.305 e. The van der Waals surface area contributed by atoms with Crippen LogP contribution in [-0.4, -0.2) is 59.2 Å². The number of allylic oxidation sites excluding steroid dienone is 1. The molecule has 1 aliphatic heterocycles. The minimum absolute atomic E-state index is 0.00169.